The van der Waals surface area contributed by atoms with Gasteiger partial charge in [-0.1, -0.05) is 72.8 Å². The number of dihydropyridines is 1. The van der Waals surface area contributed by atoms with Crippen molar-refractivity contribution in [2.24, 2.45) is 0 Å². The summed E-state index contributed by atoms with van der Waals surface area (Å²) in [5.74, 6) is -1.84. The molecule has 0 saturated carbocycles. The number of aromatic nitrogens is 2. The van der Waals surface area contributed by atoms with E-state index < -0.39 is 17.9 Å². The Hall–Kier alpha value is -4.80. The fourth-order valence-corrected chi connectivity index (χ4v) is 7.33. The van der Waals surface area contributed by atoms with Crippen molar-refractivity contribution in [3.8, 4) is 0 Å². The van der Waals surface area contributed by atoms with E-state index >= 15 is 0 Å². The van der Waals surface area contributed by atoms with E-state index in [1.165, 1.54) is 18.2 Å². The third kappa shape index (κ3) is 7.30. The van der Waals surface area contributed by atoms with E-state index in [4.69, 9.17) is 18.8 Å². The number of methoxy groups -OCH3 is 1. The van der Waals surface area contributed by atoms with Gasteiger partial charge >= 0.3 is 11.9 Å². The van der Waals surface area contributed by atoms with E-state index in [-0.39, 0.29) is 12.0 Å². The van der Waals surface area contributed by atoms with Crippen LogP contribution < -0.4 is 5.32 Å². The maximum absolute atomic E-state index is 13.6. The predicted molar refractivity (Wildman–Crippen MR) is 185 cm³/mol. The zero-order valence-electron chi connectivity index (χ0n) is 28.4. The lowest BCUT2D eigenvalue weighted by atomic mass is 9.68. The Balaban J connectivity index is 0.976. The second-order valence-electron chi connectivity index (χ2n) is 12.7. The number of nitrogens with one attached hydrogen (secondary N) is 1. The first kappa shape index (κ1) is 34.1. The summed E-state index contributed by atoms with van der Waals surface area (Å²) in [6.07, 6.45) is 3.66. The lowest BCUT2D eigenvalue weighted by Gasteiger charge is -2.43. The molecule has 6 rings (SSSR count). The highest BCUT2D eigenvalue weighted by atomic mass is 16.6. The van der Waals surface area contributed by atoms with Gasteiger partial charge < -0.3 is 24.4 Å². The number of hydrogen-bond acceptors (Lipinski definition) is 10. The van der Waals surface area contributed by atoms with Crippen molar-refractivity contribution >= 4 is 23.0 Å². The highest BCUT2D eigenvalue weighted by molar-refractivity contribution is 6.01. The van der Waals surface area contributed by atoms with Crippen LogP contribution in [0.2, 0.25) is 0 Å². The Labute approximate surface area is 287 Å². The van der Waals surface area contributed by atoms with E-state index in [9.17, 15) is 9.59 Å². The maximum atomic E-state index is 13.6. The van der Waals surface area contributed by atoms with Gasteiger partial charge in [0, 0.05) is 43.0 Å². The van der Waals surface area contributed by atoms with Gasteiger partial charge in [-0.15, -0.1) is 0 Å². The fraction of sp³-hybridized carbons (Fsp3) is 0.385. The molecule has 3 aromatic carbocycles. The Morgan fingerprint density at radius 3 is 2.10 bits per heavy atom. The molecular formula is C39H44N4O6. The number of carbonyl (C=O) groups is 2. The van der Waals surface area contributed by atoms with Crippen molar-refractivity contribution in [2.45, 2.75) is 50.9 Å². The SMILES string of the molecule is COC(=O)C1=C(C)NC(C)=C(C(=O)OCCCOCCCN2CCC(c3ccccc3)(c3ccccc3)CC2)C1c1cccc2nonc12. The van der Waals surface area contributed by atoms with Gasteiger partial charge in [0.2, 0.25) is 0 Å². The van der Waals surface area contributed by atoms with Gasteiger partial charge in [0.25, 0.3) is 0 Å². The normalized spacial score (nSPS) is 18.0. The van der Waals surface area contributed by atoms with Gasteiger partial charge in [0.1, 0.15) is 11.0 Å². The molecule has 2 aliphatic rings. The van der Waals surface area contributed by atoms with Crippen LogP contribution in [0.4, 0.5) is 0 Å². The number of benzene rings is 3. The van der Waals surface area contributed by atoms with Gasteiger partial charge in [-0.25, -0.2) is 14.2 Å². The molecule has 1 atom stereocenters. The second-order valence-corrected chi connectivity index (χ2v) is 12.7. The van der Waals surface area contributed by atoms with E-state index in [2.05, 4.69) is 81.2 Å². The molecular weight excluding hydrogens is 620 g/mol. The third-order valence-corrected chi connectivity index (χ3v) is 9.81. The summed E-state index contributed by atoms with van der Waals surface area (Å²) in [7, 11) is 1.32. The summed E-state index contributed by atoms with van der Waals surface area (Å²) in [5.41, 5.74) is 6.22. The van der Waals surface area contributed by atoms with Crippen molar-refractivity contribution < 1.29 is 28.4 Å². The van der Waals surface area contributed by atoms with Crippen molar-refractivity contribution in [3.63, 3.8) is 0 Å². The number of likely N-dealkylation sites (tertiary alicyclic amines) is 1. The predicted octanol–water partition coefficient (Wildman–Crippen LogP) is 6.05. The van der Waals surface area contributed by atoms with Crippen LogP contribution in [-0.2, 0) is 29.2 Å². The van der Waals surface area contributed by atoms with Crippen LogP contribution in [0.3, 0.4) is 0 Å². The molecule has 0 radical (unpaired) electrons. The molecule has 1 N–H and O–H groups in total. The number of allylic oxidation sites excluding steroid dienone is 2. The molecule has 1 fully saturated rings. The molecule has 1 saturated heterocycles. The van der Waals surface area contributed by atoms with Crippen LogP contribution >= 0.6 is 0 Å². The lowest BCUT2D eigenvalue weighted by molar-refractivity contribution is -0.139. The quantitative estimate of drug-likeness (QED) is 0.134. The second kappa shape index (κ2) is 15.6. The summed E-state index contributed by atoms with van der Waals surface area (Å²) in [6, 6.07) is 27.2. The smallest absolute Gasteiger partial charge is 0.336 e. The van der Waals surface area contributed by atoms with E-state index in [0.717, 1.165) is 38.9 Å². The summed E-state index contributed by atoms with van der Waals surface area (Å²) >= 11 is 0. The zero-order valence-corrected chi connectivity index (χ0v) is 28.4. The number of hydrogen-bond donors (Lipinski definition) is 1. The molecule has 0 amide bonds. The molecule has 0 spiro atoms. The highest BCUT2D eigenvalue weighted by Crippen LogP contribution is 2.42. The molecule has 1 unspecified atom stereocenters. The molecule has 49 heavy (non-hydrogen) atoms. The molecule has 0 aliphatic carbocycles. The van der Waals surface area contributed by atoms with Crippen LogP contribution in [0.15, 0.2) is 106 Å². The van der Waals surface area contributed by atoms with Gasteiger partial charge in [-0.05, 0) is 79.3 Å². The van der Waals surface area contributed by atoms with Gasteiger partial charge in [-0.2, -0.15) is 0 Å². The molecule has 2 aliphatic heterocycles. The van der Waals surface area contributed by atoms with Crippen molar-refractivity contribution in [1.29, 1.82) is 0 Å². The molecule has 1 aromatic heterocycles. The first-order valence-electron chi connectivity index (χ1n) is 17.0. The van der Waals surface area contributed by atoms with E-state index in [1.807, 2.05) is 0 Å². The monoisotopic (exact) mass is 664 g/mol. The highest BCUT2D eigenvalue weighted by Gasteiger charge is 2.40. The molecule has 4 aromatic rings. The van der Waals surface area contributed by atoms with Gasteiger partial charge in [0.05, 0.1) is 30.8 Å². The van der Waals surface area contributed by atoms with Crippen LogP contribution in [-0.4, -0.2) is 73.7 Å². The number of fused-ring (bicyclic) bond motifs is 1. The maximum Gasteiger partial charge on any atom is 0.336 e. The van der Waals surface area contributed by atoms with Crippen LogP contribution in [0, 0.1) is 0 Å². The lowest BCUT2D eigenvalue weighted by Crippen LogP contribution is -2.43. The van der Waals surface area contributed by atoms with Crippen LogP contribution in [0.1, 0.15) is 62.1 Å². The van der Waals surface area contributed by atoms with Gasteiger partial charge in [-0.3, -0.25) is 0 Å². The first-order valence-corrected chi connectivity index (χ1v) is 17.0. The van der Waals surface area contributed by atoms with Crippen molar-refractivity contribution in [3.05, 3.63) is 118 Å². The largest absolute Gasteiger partial charge is 0.466 e. The minimum atomic E-state index is -0.770. The fourth-order valence-electron chi connectivity index (χ4n) is 7.33. The van der Waals surface area contributed by atoms with E-state index in [1.54, 1.807) is 32.0 Å². The number of rotatable bonds is 13. The number of carbonyl (C=O) groups excluding carboxylic acids is 2. The molecule has 10 heteroatoms. The molecule has 0 bridgehead atoms. The minimum Gasteiger partial charge on any atom is -0.466 e. The van der Waals surface area contributed by atoms with E-state index in [0.29, 0.717) is 58.8 Å². The molecule has 3 heterocycles. The number of ether oxygens (including phenoxy) is 3. The average Bonchev–Trinajstić information content (AvgIpc) is 3.62. The Morgan fingerprint density at radius 1 is 0.816 bits per heavy atom. The van der Waals surface area contributed by atoms with Crippen molar-refractivity contribution in [1.82, 2.24) is 20.5 Å². The molecule has 10 nitrogen and oxygen atoms in total. The van der Waals surface area contributed by atoms with Crippen LogP contribution in [0.5, 0.6) is 0 Å². The Morgan fingerprint density at radius 2 is 1.45 bits per heavy atom. The summed E-state index contributed by atoms with van der Waals surface area (Å²) < 4.78 is 21.7. The van der Waals surface area contributed by atoms with Gasteiger partial charge in [0.15, 0.2) is 0 Å². The summed E-state index contributed by atoms with van der Waals surface area (Å²) in [4.78, 5) is 29.1. The zero-order chi connectivity index (χ0) is 34.2. The summed E-state index contributed by atoms with van der Waals surface area (Å²) in [5, 5.41) is 11.1. The minimum absolute atomic E-state index is 0.0475. The number of piperidine rings is 1. The standard InChI is InChI=1S/C39H44N4O6/c1-27-33(37(44)46-3)35(31-17-10-18-32-36(31)42-49-41-32)34(28(2)40-27)38(45)48-26-12-25-47-24-11-21-43-22-19-39(20-23-43,29-13-6-4-7-14-29)30-15-8-5-9-16-30/h4-10,13-18,35,40H,11-12,19-26H2,1-3H3. The Bertz CT molecular complexity index is 1770. The molecule has 256 valence electrons. The number of nitrogens with zero attached hydrogens (tertiary/aromatic N) is 3. The summed E-state index contributed by atoms with van der Waals surface area (Å²) in [6.45, 7) is 7.94. The Kier molecular flexibility index (Phi) is 10.9. The van der Waals surface area contributed by atoms with Crippen molar-refractivity contribution in [2.75, 3.05) is 46.6 Å². The number of esters is 2. The third-order valence-electron chi connectivity index (χ3n) is 9.81. The van der Waals surface area contributed by atoms with Crippen LogP contribution in [0.25, 0.3) is 11.0 Å². The topological polar surface area (TPSA) is 116 Å². The first-order chi connectivity index (χ1) is 23.9. The average molecular weight is 665 g/mol.